The van der Waals surface area contributed by atoms with Crippen molar-refractivity contribution in [2.24, 2.45) is 10.4 Å². The summed E-state index contributed by atoms with van der Waals surface area (Å²) in [4.78, 5) is 20.4. The highest BCUT2D eigenvalue weighted by Gasteiger charge is 2.22. The van der Waals surface area contributed by atoms with Gasteiger partial charge in [0.25, 0.3) is 0 Å². The minimum atomic E-state index is -0.384. The lowest BCUT2D eigenvalue weighted by Gasteiger charge is -2.37. The molecule has 2 rings (SSSR count). The highest BCUT2D eigenvalue weighted by atomic mass is 19.1. The van der Waals surface area contributed by atoms with Crippen LogP contribution in [0.3, 0.4) is 0 Å². The fourth-order valence-corrected chi connectivity index (χ4v) is 2.82. The lowest BCUT2D eigenvalue weighted by atomic mass is 9.96. The second-order valence-electron chi connectivity index (χ2n) is 7.41. The Morgan fingerprint density at radius 3 is 2.31 bits per heavy atom. The van der Waals surface area contributed by atoms with Crippen LogP contribution in [0.1, 0.15) is 20.8 Å². The molecule has 1 aromatic rings. The third-order valence-corrected chi connectivity index (χ3v) is 4.36. The van der Waals surface area contributed by atoms with Crippen LogP contribution in [0.5, 0.6) is 0 Å². The van der Waals surface area contributed by atoms with Crippen LogP contribution in [0.15, 0.2) is 29.3 Å². The first-order chi connectivity index (χ1) is 12.3. The van der Waals surface area contributed by atoms with Gasteiger partial charge < -0.3 is 20.4 Å². The molecule has 7 heteroatoms. The Balaban J connectivity index is 1.78. The number of aliphatic imine (C=N–C) groups is 1. The maximum absolute atomic E-state index is 13.9. The maximum atomic E-state index is 13.9. The topological polar surface area (TPSA) is 60.0 Å². The summed E-state index contributed by atoms with van der Waals surface area (Å²) < 4.78 is 13.9. The quantitative estimate of drug-likeness (QED) is 0.486. The van der Waals surface area contributed by atoms with Crippen molar-refractivity contribution >= 4 is 17.6 Å². The second kappa shape index (κ2) is 8.87. The predicted molar refractivity (Wildman–Crippen MR) is 104 cm³/mol. The van der Waals surface area contributed by atoms with Crippen molar-refractivity contribution < 1.29 is 9.18 Å². The summed E-state index contributed by atoms with van der Waals surface area (Å²) in [5.74, 6) is 0.661. The molecule has 1 aliphatic heterocycles. The number of rotatable bonds is 4. The molecule has 0 aliphatic carbocycles. The number of halogens is 1. The van der Waals surface area contributed by atoms with Gasteiger partial charge in [-0.05, 0) is 12.1 Å². The number of piperazine rings is 1. The van der Waals surface area contributed by atoms with Gasteiger partial charge in [0.15, 0.2) is 5.96 Å². The van der Waals surface area contributed by atoms with Crippen LogP contribution in [0.2, 0.25) is 0 Å². The summed E-state index contributed by atoms with van der Waals surface area (Å²) in [6.07, 6.45) is 0. The molecule has 6 nitrogen and oxygen atoms in total. The predicted octanol–water partition coefficient (Wildman–Crippen LogP) is 1.69. The van der Waals surface area contributed by atoms with E-state index in [-0.39, 0.29) is 17.1 Å². The zero-order valence-electron chi connectivity index (χ0n) is 16.2. The standard InChI is InChI=1S/C19H30FN5O/c1-19(2,3)17(26)22-9-10-23-18(21-4)25-13-11-24(12-14-25)16-8-6-5-7-15(16)20/h5-8H,9-14H2,1-4H3,(H,21,23)(H,22,26). The van der Waals surface area contributed by atoms with Gasteiger partial charge in [-0.25, -0.2) is 4.39 Å². The molecule has 1 aromatic carbocycles. The summed E-state index contributed by atoms with van der Waals surface area (Å²) in [5, 5.41) is 6.20. The van der Waals surface area contributed by atoms with Gasteiger partial charge >= 0.3 is 0 Å². The van der Waals surface area contributed by atoms with E-state index in [4.69, 9.17) is 0 Å². The number of guanidine groups is 1. The first kappa shape index (κ1) is 20.0. The number of nitrogens with zero attached hydrogens (tertiary/aromatic N) is 3. The van der Waals surface area contributed by atoms with Crippen molar-refractivity contribution in [1.29, 1.82) is 0 Å². The van der Waals surface area contributed by atoms with Gasteiger partial charge in [0.1, 0.15) is 5.82 Å². The van der Waals surface area contributed by atoms with Crippen molar-refractivity contribution in [2.75, 3.05) is 51.2 Å². The van der Waals surface area contributed by atoms with Crippen molar-refractivity contribution in [3.63, 3.8) is 0 Å². The molecule has 0 unspecified atom stereocenters. The summed E-state index contributed by atoms with van der Waals surface area (Å²) in [5.41, 5.74) is 0.269. The summed E-state index contributed by atoms with van der Waals surface area (Å²) in [6, 6.07) is 6.88. The van der Waals surface area contributed by atoms with E-state index in [9.17, 15) is 9.18 Å². The third kappa shape index (κ3) is 5.34. The molecule has 1 aliphatic rings. The maximum Gasteiger partial charge on any atom is 0.225 e. The number of anilines is 1. The number of nitrogens with one attached hydrogen (secondary N) is 2. The molecule has 0 radical (unpaired) electrons. The van der Waals surface area contributed by atoms with E-state index in [0.29, 0.717) is 18.8 Å². The van der Waals surface area contributed by atoms with E-state index >= 15 is 0 Å². The molecule has 1 amide bonds. The van der Waals surface area contributed by atoms with Gasteiger partial charge in [-0.3, -0.25) is 9.79 Å². The fraction of sp³-hybridized carbons (Fsp3) is 0.579. The molecule has 1 fully saturated rings. The van der Waals surface area contributed by atoms with Gasteiger partial charge in [0.2, 0.25) is 5.91 Å². The first-order valence-electron chi connectivity index (χ1n) is 9.06. The second-order valence-corrected chi connectivity index (χ2v) is 7.41. The molecule has 0 saturated carbocycles. The van der Waals surface area contributed by atoms with E-state index in [1.807, 2.05) is 32.9 Å². The molecule has 1 saturated heterocycles. The van der Waals surface area contributed by atoms with Crippen molar-refractivity contribution in [1.82, 2.24) is 15.5 Å². The molecule has 0 spiro atoms. The van der Waals surface area contributed by atoms with Crippen LogP contribution in [0, 0.1) is 11.2 Å². The summed E-state index contributed by atoms with van der Waals surface area (Å²) in [7, 11) is 1.75. The third-order valence-electron chi connectivity index (χ3n) is 4.36. The normalized spacial score (nSPS) is 15.8. The van der Waals surface area contributed by atoms with E-state index < -0.39 is 0 Å². The van der Waals surface area contributed by atoms with Gasteiger partial charge in [-0.15, -0.1) is 0 Å². The largest absolute Gasteiger partial charge is 0.366 e. The highest BCUT2D eigenvalue weighted by Crippen LogP contribution is 2.20. The molecular formula is C19H30FN5O. The van der Waals surface area contributed by atoms with E-state index in [1.165, 1.54) is 6.07 Å². The minimum Gasteiger partial charge on any atom is -0.366 e. The Morgan fingerprint density at radius 1 is 1.12 bits per heavy atom. The van der Waals surface area contributed by atoms with Gasteiger partial charge in [-0.2, -0.15) is 0 Å². The average Bonchev–Trinajstić information content (AvgIpc) is 2.61. The number of hydrogen-bond acceptors (Lipinski definition) is 3. The van der Waals surface area contributed by atoms with Crippen LogP contribution in [0.4, 0.5) is 10.1 Å². The number of amides is 1. The molecule has 2 N–H and O–H groups in total. The first-order valence-corrected chi connectivity index (χ1v) is 9.06. The van der Waals surface area contributed by atoms with Gasteiger partial charge in [0.05, 0.1) is 5.69 Å². The molecule has 0 atom stereocenters. The fourth-order valence-electron chi connectivity index (χ4n) is 2.82. The highest BCUT2D eigenvalue weighted by molar-refractivity contribution is 5.82. The van der Waals surface area contributed by atoms with Crippen LogP contribution >= 0.6 is 0 Å². The Hall–Kier alpha value is -2.31. The molecule has 144 valence electrons. The molecule has 0 bridgehead atoms. The smallest absolute Gasteiger partial charge is 0.225 e. The SMILES string of the molecule is CN=C(NCCNC(=O)C(C)(C)C)N1CCN(c2ccccc2F)CC1. The zero-order valence-corrected chi connectivity index (χ0v) is 16.2. The van der Waals surface area contributed by atoms with E-state index in [2.05, 4.69) is 25.4 Å². The molecule has 26 heavy (non-hydrogen) atoms. The number of carbonyl (C=O) groups is 1. The molecule has 1 heterocycles. The number of benzene rings is 1. The van der Waals surface area contributed by atoms with Crippen LogP contribution in [-0.2, 0) is 4.79 Å². The number of para-hydroxylation sites is 1. The lowest BCUT2D eigenvalue weighted by Crippen LogP contribution is -2.53. The minimum absolute atomic E-state index is 0.0350. The Labute approximate surface area is 155 Å². The van der Waals surface area contributed by atoms with E-state index in [0.717, 1.165) is 32.1 Å². The van der Waals surface area contributed by atoms with E-state index in [1.54, 1.807) is 13.1 Å². The zero-order chi connectivity index (χ0) is 19.2. The number of hydrogen-bond donors (Lipinski definition) is 2. The monoisotopic (exact) mass is 363 g/mol. The van der Waals surface area contributed by atoms with Gasteiger partial charge in [0, 0.05) is 51.7 Å². The van der Waals surface area contributed by atoms with Crippen LogP contribution < -0.4 is 15.5 Å². The van der Waals surface area contributed by atoms with Crippen LogP contribution in [0.25, 0.3) is 0 Å². The van der Waals surface area contributed by atoms with Crippen molar-refractivity contribution in [3.8, 4) is 0 Å². The summed E-state index contributed by atoms with van der Waals surface area (Å²) >= 11 is 0. The van der Waals surface area contributed by atoms with Crippen LogP contribution in [-0.4, -0.2) is 63.1 Å². The Bertz CT molecular complexity index is 633. The van der Waals surface area contributed by atoms with Gasteiger partial charge in [-0.1, -0.05) is 32.9 Å². The van der Waals surface area contributed by atoms with Crippen molar-refractivity contribution in [3.05, 3.63) is 30.1 Å². The summed E-state index contributed by atoms with van der Waals surface area (Å²) in [6.45, 7) is 9.85. The molecule has 0 aromatic heterocycles. The Morgan fingerprint density at radius 2 is 1.73 bits per heavy atom. The number of carbonyl (C=O) groups excluding carboxylic acids is 1. The average molecular weight is 363 g/mol. The lowest BCUT2D eigenvalue weighted by molar-refractivity contribution is -0.128. The van der Waals surface area contributed by atoms with Crippen molar-refractivity contribution in [2.45, 2.75) is 20.8 Å². The molecular weight excluding hydrogens is 333 g/mol. The Kier molecular flexibility index (Phi) is 6.83.